The van der Waals surface area contributed by atoms with Gasteiger partial charge >= 0.3 is 0 Å². The molecule has 0 atom stereocenters. The fraction of sp³-hybridized carbons (Fsp3) is 0.360. The second-order valence-corrected chi connectivity index (χ2v) is 8.31. The molecule has 1 fully saturated rings. The van der Waals surface area contributed by atoms with Crippen molar-refractivity contribution >= 4 is 17.7 Å². The quantitative estimate of drug-likeness (QED) is 0.546. The fourth-order valence-corrected chi connectivity index (χ4v) is 4.30. The van der Waals surface area contributed by atoms with Crippen molar-refractivity contribution in [1.29, 1.82) is 0 Å². The first-order valence-corrected chi connectivity index (χ1v) is 10.8. The zero-order chi connectivity index (χ0) is 22.0. The van der Waals surface area contributed by atoms with Crippen LogP contribution in [-0.2, 0) is 11.3 Å². The first-order valence-electron chi connectivity index (χ1n) is 10.8. The molecule has 0 radical (unpaired) electrons. The van der Waals surface area contributed by atoms with E-state index in [1.165, 1.54) is 24.1 Å². The lowest BCUT2D eigenvalue weighted by atomic mass is 10.1. The summed E-state index contributed by atoms with van der Waals surface area (Å²) in [5.74, 6) is 1.51. The molecule has 0 unspecified atom stereocenters. The van der Waals surface area contributed by atoms with Gasteiger partial charge in [0.2, 0.25) is 5.91 Å². The zero-order valence-corrected chi connectivity index (χ0v) is 18.8. The number of anilines is 1. The molecular formula is C25H30N4O2. The average molecular weight is 419 g/mol. The van der Waals surface area contributed by atoms with Gasteiger partial charge in [0.25, 0.3) is 0 Å². The Kier molecular flexibility index (Phi) is 5.98. The summed E-state index contributed by atoms with van der Waals surface area (Å²) in [4.78, 5) is 17.0. The van der Waals surface area contributed by atoms with E-state index >= 15 is 0 Å². The van der Waals surface area contributed by atoms with E-state index in [1.54, 1.807) is 11.0 Å². The van der Waals surface area contributed by atoms with Gasteiger partial charge < -0.3 is 14.3 Å². The molecule has 3 aromatic rings. The Morgan fingerprint density at radius 2 is 1.90 bits per heavy atom. The smallest absolute Gasteiger partial charge is 0.246 e. The van der Waals surface area contributed by atoms with Crippen molar-refractivity contribution in [3.63, 3.8) is 0 Å². The van der Waals surface area contributed by atoms with E-state index in [0.29, 0.717) is 6.54 Å². The predicted molar refractivity (Wildman–Crippen MR) is 123 cm³/mol. The highest BCUT2D eigenvalue weighted by Crippen LogP contribution is 2.26. The van der Waals surface area contributed by atoms with Crippen molar-refractivity contribution in [2.24, 2.45) is 0 Å². The van der Waals surface area contributed by atoms with Crippen LogP contribution in [0.2, 0.25) is 0 Å². The Labute approximate surface area is 183 Å². The minimum atomic E-state index is -0.0155. The van der Waals surface area contributed by atoms with E-state index in [2.05, 4.69) is 34.3 Å². The van der Waals surface area contributed by atoms with Gasteiger partial charge in [-0.05, 0) is 62.9 Å². The third kappa shape index (κ3) is 4.43. The molecule has 162 valence electrons. The van der Waals surface area contributed by atoms with Crippen LogP contribution in [0.25, 0.3) is 11.9 Å². The van der Waals surface area contributed by atoms with Crippen molar-refractivity contribution in [2.75, 3.05) is 25.0 Å². The number of hydrogen-bond acceptors (Lipinski definition) is 4. The van der Waals surface area contributed by atoms with E-state index in [0.717, 1.165) is 41.6 Å². The first kappa shape index (κ1) is 21.0. The second kappa shape index (κ2) is 8.84. The molecule has 0 saturated carbocycles. The van der Waals surface area contributed by atoms with Crippen LogP contribution in [0, 0.1) is 20.8 Å². The van der Waals surface area contributed by atoms with E-state index in [9.17, 15) is 4.79 Å². The van der Waals surface area contributed by atoms with Gasteiger partial charge in [0, 0.05) is 55.9 Å². The molecule has 6 nitrogen and oxygen atoms in total. The minimum Gasteiger partial charge on any atom is -0.371 e. The number of hydrogen-bond donors (Lipinski definition) is 0. The topological polar surface area (TPSA) is 54.5 Å². The highest BCUT2D eigenvalue weighted by atomic mass is 16.5. The number of amides is 1. The fourth-order valence-electron chi connectivity index (χ4n) is 4.30. The molecule has 31 heavy (non-hydrogen) atoms. The monoisotopic (exact) mass is 418 g/mol. The van der Waals surface area contributed by atoms with Gasteiger partial charge in [-0.15, -0.1) is 0 Å². The lowest BCUT2D eigenvalue weighted by Crippen LogP contribution is -2.26. The van der Waals surface area contributed by atoms with Crippen molar-refractivity contribution in [2.45, 2.75) is 40.2 Å². The summed E-state index contributed by atoms with van der Waals surface area (Å²) in [6, 6.07) is 12.4. The summed E-state index contributed by atoms with van der Waals surface area (Å²) in [5.41, 5.74) is 5.50. The molecule has 1 saturated heterocycles. The number of benzene rings is 1. The average Bonchev–Trinajstić information content (AvgIpc) is 3.48. The lowest BCUT2D eigenvalue weighted by molar-refractivity contribution is -0.125. The predicted octanol–water partition coefficient (Wildman–Crippen LogP) is 4.66. The van der Waals surface area contributed by atoms with Crippen molar-refractivity contribution in [1.82, 2.24) is 14.6 Å². The number of carbonyl (C=O) groups excluding carboxylic acids is 1. The van der Waals surface area contributed by atoms with Crippen LogP contribution in [0.5, 0.6) is 0 Å². The number of rotatable bonds is 6. The maximum Gasteiger partial charge on any atom is 0.246 e. The lowest BCUT2D eigenvalue weighted by Gasteiger charge is -2.24. The molecule has 0 aliphatic carbocycles. The van der Waals surface area contributed by atoms with Crippen LogP contribution in [-0.4, -0.2) is 40.7 Å². The number of aromatic nitrogens is 2. The molecule has 1 aromatic carbocycles. The third-order valence-electron chi connectivity index (χ3n) is 5.94. The summed E-state index contributed by atoms with van der Waals surface area (Å²) >= 11 is 0. The summed E-state index contributed by atoms with van der Waals surface area (Å²) in [6.45, 7) is 8.70. The molecule has 1 aliphatic rings. The van der Waals surface area contributed by atoms with Crippen LogP contribution in [0.3, 0.4) is 0 Å². The van der Waals surface area contributed by atoms with Crippen LogP contribution in [0.1, 0.15) is 41.1 Å². The molecule has 3 heterocycles. The van der Waals surface area contributed by atoms with Gasteiger partial charge in [-0.1, -0.05) is 23.4 Å². The summed E-state index contributed by atoms with van der Waals surface area (Å²) < 4.78 is 7.26. The van der Waals surface area contributed by atoms with Crippen LogP contribution >= 0.6 is 0 Å². The molecular weight excluding hydrogens is 388 g/mol. The van der Waals surface area contributed by atoms with E-state index in [1.807, 2.05) is 50.6 Å². The highest BCUT2D eigenvalue weighted by molar-refractivity contribution is 5.91. The number of likely N-dealkylation sites (N-methyl/N-ethyl adjacent to an activating group) is 1. The summed E-state index contributed by atoms with van der Waals surface area (Å²) in [6.07, 6.45) is 6.01. The van der Waals surface area contributed by atoms with Crippen LogP contribution in [0.4, 0.5) is 5.69 Å². The molecule has 0 N–H and O–H groups in total. The van der Waals surface area contributed by atoms with Gasteiger partial charge in [0.15, 0.2) is 5.82 Å². The Morgan fingerprint density at radius 3 is 2.61 bits per heavy atom. The molecule has 2 aromatic heterocycles. The summed E-state index contributed by atoms with van der Waals surface area (Å²) in [7, 11) is 1.86. The standard InChI is InChI=1S/C25H30N4O2/c1-18-15-21(20(3)29(18)24-16-19(2)31-26-24)11-12-25(30)27(4)17-22-9-5-6-10-23(22)28-13-7-8-14-28/h5-6,9-12,15-16H,7-8,13-14,17H2,1-4H3. The number of aryl methyl sites for hydroxylation is 2. The third-order valence-corrected chi connectivity index (χ3v) is 5.94. The van der Waals surface area contributed by atoms with Crippen molar-refractivity contribution in [3.8, 4) is 5.82 Å². The maximum absolute atomic E-state index is 12.8. The molecule has 4 rings (SSSR count). The Bertz CT molecular complexity index is 1100. The Morgan fingerprint density at radius 1 is 1.16 bits per heavy atom. The molecule has 1 amide bonds. The number of para-hydroxylation sites is 1. The first-order chi connectivity index (χ1) is 14.9. The number of nitrogens with zero attached hydrogens (tertiary/aromatic N) is 4. The molecule has 1 aliphatic heterocycles. The second-order valence-electron chi connectivity index (χ2n) is 8.31. The SMILES string of the molecule is Cc1cc(-n2c(C)cc(C=CC(=O)N(C)Cc3ccccc3N3CCCC3)c2C)no1. The van der Waals surface area contributed by atoms with Gasteiger partial charge in [-0.3, -0.25) is 9.36 Å². The van der Waals surface area contributed by atoms with Gasteiger partial charge in [0.05, 0.1) is 0 Å². The van der Waals surface area contributed by atoms with Gasteiger partial charge in [0.1, 0.15) is 5.76 Å². The zero-order valence-electron chi connectivity index (χ0n) is 18.8. The van der Waals surface area contributed by atoms with Crippen molar-refractivity contribution in [3.05, 3.63) is 70.7 Å². The normalized spacial score (nSPS) is 14.0. The Hall–Kier alpha value is -3.28. The molecule has 0 spiro atoms. The highest BCUT2D eigenvalue weighted by Gasteiger charge is 2.17. The van der Waals surface area contributed by atoms with Crippen molar-refractivity contribution < 1.29 is 9.32 Å². The van der Waals surface area contributed by atoms with E-state index in [-0.39, 0.29) is 5.91 Å². The maximum atomic E-state index is 12.8. The largest absolute Gasteiger partial charge is 0.371 e. The number of carbonyl (C=O) groups is 1. The van der Waals surface area contributed by atoms with Crippen LogP contribution < -0.4 is 4.90 Å². The van der Waals surface area contributed by atoms with E-state index in [4.69, 9.17) is 4.52 Å². The Balaban J connectivity index is 1.48. The van der Waals surface area contributed by atoms with Crippen LogP contribution in [0.15, 0.2) is 47.0 Å². The summed E-state index contributed by atoms with van der Waals surface area (Å²) in [5, 5.41) is 4.12. The molecule has 0 bridgehead atoms. The minimum absolute atomic E-state index is 0.0155. The molecule has 6 heteroatoms. The van der Waals surface area contributed by atoms with Gasteiger partial charge in [-0.2, -0.15) is 0 Å². The van der Waals surface area contributed by atoms with E-state index < -0.39 is 0 Å². The van der Waals surface area contributed by atoms with Gasteiger partial charge in [-0.25, -0.2) is 0 Å².